The second kappa shape index (κ2) is 6.29. The average Bonchev–Trinajstić information content (AvgIpc) is 2.97. The van der Waals surface area contributed by atoms with Crippen molar-refractivity contribution < 1.29 is 21.6 Å². The number of benzene rings is 2. The van der Waals surface area contributed by atoms with Crippen LogP contribution in [0.15, 0.2) is 51.9 Å². The minimum Gasteiger partial charge on any atom is -0.441 e. The van der Waals surface area contributed by atoms with Crippen molar-refractivity contribution in [2.75, 3.05) is 4.72 Å². The van der Waals surface area contributed by atoms with E-state index in [-0.39, 0.29) is 10.6 Å². The Morgan fingerprint density at radius 3 is 2.48 bits per heavy atom. The van der Waals surface area contributed by atoms with Gasteiger partial charge in [0.25, 0.3) is 10.0 Å². The standard InChI is InChI=1S/C17H14F2N2O3S/c1-10-3-4-12(16-9-20-11(2)24-16)7-17(10)25(22,23)21-15-6-5-13(18)8-14(15)19/h3-9,21H,1-2H3. The lowest BCUT2D eigenvalue weighted by atomic mass is 10.1. The number of aromatic nitrogens is 1. The number of hydrogen-bond acceptors (Lipinski definition) is 4. The molecular formula is C17H14F2N2O3S. The zero-order valence-corrected chi connectivity index (χ0v) is 14.2. The second-order valence-electron chi connectivity index (χ2n) is 5.45. The molecule has 0 saturated carbocycles. The van der Waals surface area contributed by atoms with Gasteiger partial charge in [0, 0.05) is 18.6 Å². The third kappa shape index (κ3) is 3.53. The molecule has 1 aromatic heterocycles. The first kappa shape index (κ1) is 17.1. The number of aryl methyl sites for hydroxylation is 2. The summed E-state index contributed by atoms with van der Waals surface area (Å²) in [6, 6.07) is 7.34. The van der Waals surface area contributed by atoms with Crippen LogP contribution in [0, 0.1) is 25.5 Å². The maximum absolute atomic E-state index is 13.8. The van der Waals surface area contributed by atoms with Gasteiger partial charge in [-0.1, -0.05) is 12.1 Å². The molecule has 0 spiro atoms. The van der Waals surface area contributed by atoms with Gasteiger partial charge in [0.05, 0.1) is 16.8 Å². The molecule has 0 bridgehead atoms. The van der Waals surface area contributed by atoms with Crippen LogP contribution in [0.5, 0.6) is 0 Å². The molecule has 130 valence electrons. The van der Waals surface area contributed by atoms with Gasteiger partial charge in [0.1, 0.15) is 11.6 Å². The Morgan fingerprint density at radius 2 is 1.84 bits per heavy atom. The molecule has 1 heterocycles. The number of oxazole rings is 1. The Kier molecular flexibility index (Phi) is 4.30. The maximum atomic E-state index is 13.8. The number of nitrogens with zero attached hydrogens (tertiary/aromatic N) is 1. The van der Waals surface area contributed by atoms with Crippen LogP contribution < -0.4 is 4.72 Å². The lowest BCUT2D eigenvalue weighted by Gasteiger charge is -2.12. The van der Waals surface area contributed by atoms with Gasteiger partial charge in [-0.3, -0.25) is 4.72 Å². The number of sulfonamides is 1. The second-order valence-corrected chi connectivity index (χ2v) is 7.10. The van der Waals surface area contributed by atoms with Gasteiger partial charge in [-0.25, -0.2) is 22.2 Å². The number of anilines is 1. The lowest BCUT2D eigenvalue weighted by Crippen LogP contribution is -2.15. The van der Waals surface area contributed by atoms with E-state index < -0.39 is 21.7 Å². The predicted octanol–water partition coefficient (Wildman–Crippen LogP) is 4.04. The third-order valence-corrected chi connectivity index (χ3v) is 5.07. The number of hydrogen-bond donors (Lipinski definition) is 1. The first-order valence-corrected chi connectivity index (χ1v) is 8.76. The van der Waals surface area contributed by atoms with Crippen molar-refractivity contribution in [3.8, 4) is 11.3 Å². The molecule has 0 saturated heterocycles. The summed E-state index contributed by atoms with van der Waals surface area (Å²) in [6.45, 7) is 3.29. The van der Waals surface area contributed by atoms with Gasteiger partial charge in [-0.15, -0.1) is 0 Å². The first-order valence-electron chi connectivity index (χ1n) is 7.27. The number of halogens is 2. The van der Waals surface area contributed by atoms with Crippen LogP contribution in [0.1, 0.15) is 11.5 Å². The summed E-state index contributed by atoms with van der Waals surface area (Å²) in [5.74, 6) is -0.920. The molecule has 0 aliphatic heterocycles. The van der Waals surface area contributed by atoms with Crippen molar-refractivity contribution in [2.45, 2.75) is 18.7 Å². The summed E-state index contributed by atoms with van der Waals surface area (Å²) in [5, 5.41) is 0. The minimum atomic E-state index is -4.08. The number of nitrogens with one attached hydrogen (secondary N) is 1. The highest BCUT2D eigenvalue weighted by Gasteiger charge is 2.20. The molecule has 0 unspecified atom stereocenters. The highest BCUT2D eigenvalue weighted by molar-refractivity contribution is 7.92. The van der Waals surface area contributed by atoms with E-state index in [1.165, 1.54) is 12.3 Å². The topological polar surface area (TPSA) is 72.2 Å². The molecule has 0 aliphatic rings. The van der Waals surface area contributed by atoms with Crippen molar-refractivity contribution >= 4 is 15.7 Å². The van der Waals surface area contributed by atoms with Crippen LogP contribution in [0.4, 0.5) is 14.5 Å². The Morgan fingerprint density at radius 1 is 1.08 bits per heavy atom. The van der Waals surface area contributed by atoms with Crippen molar-refractivity contribution in [2.24, 2.45) is 0 Å². The quantitative estimate of drug-likeness (QED) is 0.758. The van der Waals surface area contributed by atoms with Crippen molar-refractivity contribution in [1.29, 1.82) is 0 Å². The fourth-order valence-corrected chi connectivity index (χ4v) is 3.65. The van der Waals surface area contributed by atoms with Crippen LogP contribution >= 0.6 is 0 Å². The van der Waals surface area contributed by atoms with E-state index in [0.717, 1.165) is 12.1 Å². The normalized spacial score (nSPS) is 11.5. The molecule has 0 aliphatic carbocycles. The van der Waals surface area contributed by atoms with Crippen molar-refractivity contribution in [3.63, 3.8) is 0 Å². The van der Waals surface area contributed by atoms with Gasteiger partial charge >= 0.3 is 0 Å². The highest BCUT2D eigenvalue weighted by atomic mass is 32.2. The Hall–Kier alpha value is -2.74. The SMILES string of the molecule is Cc1ncc(-c2ccc(C)c(S(=O)(=O)Nc3ccc(F)cc3F)c2)o1. The van der Waals surface area contributed by atoms with Gasteiger partial charge in [-0.05, 0) is 30.7 Å². The fraction of sp³-hybridized carbons (Fsp3) is 0.118. The summed E-state index contributed by atoms with van der Waals surface area (Å²) >= 11 is 0. The minimum absolute atomic E-state index is 0.0391. The summed E-state index contributed by atoms with van der Waals surface area (Å²) in [6.07, 6.45) is 1.49. The molecule has 8 heteroatoms. The van der Waals surface area contributed by atoms with Crippen LogP contribution in [0.2, 0.25) is 0 Å². The first-order chi connectivity index (χ1) is 11.8. The van der Waals surface area contributed by atoms with Gasteiger partial charge in [0.15, 0.2) is 11.7 Å². The molecule has 0 amide bonds. The fourth-order valence-electron chi connectivity index (χ4n) is 2.31. The Bertz CT molecular complexity index is 1050. The maximum Gasteiger partial charge on any atom is 0.262 e. The van der Waals surface area contributed by atoms with E-state index in [4.69, 9.17) is 4.42 Å². The predicted molar refractivity (Wildman–Crippen MR) is 88.6 cm³/mol. The molecule has 0 fully saturated rings. The summed E-state index contributed by atoms with van der Waals surface area (Å²) in [5.41, 5.74) is 0.655. The summed E-state index contributed by atoms with van der Waals surface area (Å²) in [4.78, 5) is 3.94. The molecule has 0 radical (unpaired) electrons. The molecule has 5 nitrogen and oxygen atoms in total. The zero-order chi connectivity index (χ0) is 18.2. The molecule has 1 N–H and O–H groups in total. The van der Waals surface area contributed by atoms with E-state index in [9.17, 15) is 17.2 Å². The van der Waals surface area contributed by atoms with Crippen LogP contribution in [-0.2, 0) is 10.0 Å². The monoisotopic (exact) mass is 364 g/mol. The van der Waals surface area contributed by atoms with E-state index in [1.54, 1.807) is 26.0 Å². The summed E-state index contributed by atoms with van der Waals surface area (Å²) in [7, 11) is -4.08. The Labute approximate surface area is 143 Å². The van der Waals surface area contributed by atoms with E-state index in [1.807, 2.05) is 0 Å². The average molecular weight is 364 g/mol. The number of rotatable bonds is 4. The lowest BCUT2D eigenvalue weighted by molar-refractivity contribution is 0.534. The molecule has 3 rings (SSSR count). The van der Waals surface area contributed by atoms with Crippen LogP contribution in [0.25, 0.3) is 11.3 Å². The molecule has 25 heavy (non-hydrogen) atoms. The van der Waals surface area contributed by atoms with Crippen molar-refractivity contribution in [1.82, 2.24) is 4.98 Å². The van der Waals surface area contributed by atoms with Crippen LogP contribution in [-0.4, -0.2) is 13.4 Å². The van der Waals surface area contributed by atoms with E-state index in [2.05, 4.69) is 9.71 Å². The Balaban J connectivity index is 2.01. The third-order valence-electron chi connectivity index (χ3n) is 3.56. The van der Waals surface area contributed by atoms with Crippen molar-refractivity contribution in [3.05, 3.63) is 65.7 Å². The molecule has 0 atom stereocenters. The summed E-state index contributed by atoms with van der Waals surface area (Å²) < 4.78 is 59.5. The van der Waals surface area contributed by atoms with Gasteiger partial charge in [-0.2, -0.15) is 0 Å². The van der Waals surface area contributed by atoms with Crippen LogP contribution in [0.3, 0.4) is 0 Å². The molecular weight excluding hydrogens is 350 g/mol. The molecule has 3 aromatic rings. The van der Waals surface area contributed by atoms with E-state index in [0.29, 0.717) is 28.8 Å². The van der Waals surface area contributed by atoms with E-state index >= 15 is 0 Å². The van der Waals surface area contributed by atoms with Gasteiger partial charge < -0.3 is 4.42 Å². The zero-order valence-electron chi connectivity index (χ0n) is 13.4. The van der Waals surface area contributed by atoms with Gasteiger partial charge in [0.2, 0.25) is 0 Å². The highest BCUT2D eigenvalue weighted by Crippen LogP contribution is 2.27. The molecule has 2 aromatic carbocycles. The largest absolute Gasteiger partial charge is 0.441 e. The smallest absolute Gasteiger partial charge is 0.262 e.